The summed E-state index contributed by atoms with van der Waals surface area (Å²) in [4.78, 5) is 44.6. The fraction of sp³-hybridized carbons (Fsp3) is 0.552. The number of nitrogens with zero attached hydrogens (tertiary/aromatic N) is 2. The van der Waals surface area contributed by atoms with Gasteiger partial charge in [-0.2, -0.15) is 0 Å². The summed E-state index contributed by atoms with van der Waals surface area (Å²) in [7, 11) is 6.89. The molecule has 0 aromatic heterocycles. The van der Waals surface area contributed by atoms with Crippen molar-refractivity contribution < 1.29 is 34.8 Å². The van der Waals surface area contributed by atoms with Crippen LogP contribution in [0.2, 0.25) is 0 Å². The number of hydrogen-bond acceptors (Lipinski definition) is 9. The summed E-state index contributed by atoms with van der Waals surface area (Å²) >= 11 is 0. The van der Waals surface area contributed by atoms with Gasteiger partial charge in [0.15, 0.2) is 11.4 Å². The number of aliphatic hydroxyl groups is 3. The minimum atomic E-state index is -2.61. The number of aromatic hydroxyl groups is 1. The standard InChI is InChI=1S/C29H39N3O7/c1-8-11-28(2,3)30-27(38)21-24(35)22(32(6)7)16-13-14-12-15-17(31(4)5)9-10-18(33)20(15)23(34)19(14)25(36)29(16,39)26(21)37/h9-10,14,16,22,33-34,37,39H,8,11-13H2,1-7H3,(H,30,38). The number of carbonyl (C=O) groups is 3. The highest BCUT2D eigenvalue weighted by Gasteiger charge is 2.64. The van der Waals surface area contributed by atoms with Crippen molar-refractivity contribution >= 4 is 28.9 Å². The molecule has 10 heteroatoms. The number of benzene rings is 1. The lowest BCUT2D eigenvalue weighted by Gasteiger charge is -2.50. The van der Waals surface area contributed by atoms with Crippen LogP contribution in [0.1, 0.15) is 51.2 Å². The van der Waals surface area contributed by atoms with Crippen LogP contribution in [0, 0.1) is 11.8 Å². The van der Waals surface area contributed by atoms with E-state index in [1.807, 2.05) is 25.9 Å². The second-order valence-electron chi connectivity index (χ2n) is 12.0. The Morgan fingerprint density at radius 1 is 1.13 bits per heavy atom. The number of hydrogen-bond donors (Lipinski definition) is 5. The second kappa shape index (κ2) is 9.67. The first-order valence-corrected chi connectivity index (χ1v) is 13.3. The fourth-order valence-electron chi connectivity index (χ4n) is 6.69. The largest absolute Gasteiger partial charge is 0.508 e. The number of carbonyl (C=O) groups excluding carboxylic acids is 3. The predicted octanol–water partition coefficient (Wildman–Crippen LogP) is 2.24. The van der Waals surface area contributed by atoms with Gasteiger partial charge in [0, 0.05) is 36.8 Å². The van der Waals surface area contributed by atoms with Crippen molar-refractivity contribution in [1.29, 1.82) is 0 Å². The Labute approximate surface area is 228 Å². The minimum Gasteiger partial charge on any atom is -0.508 e. The lowest BCUT2D eigenvalue weighted by atomic mass is 9.57. The van der Waals surface area contributed by atoms with Crippen LogP contribution < -0.4 is 10.2 Å². The van der Waals surface area contributed by atoms with Gasteiger partial charge < -0.3 is 30.6 Å². The average molecular weight is 542 g/mol. The first kappa shape index (κ1) is 28.6. The molecule has 10 nitrogen and oxygen atoms in total. The van der Waals surface area contributed by atoms with Crippen molar-refractivity contribution in [2.24, 2.45) is 11.8 Å². The first-order valence-electron chi connectivity index (χ1n) is 13.3. The summed E-state index contributed by atoms with van der Waals surface area (Å²) in [5.41, 5.74) is -2.61. The molecule has 0 saturated heterocycles. The molecule has 212 valence electrons. The number of nitrogens with one attached hydrogen (secondary N) is 1. The van der Waals surface area contributed by atoms with Crippen molar-refractivity contribution in [3.05, 3.63) is 40.2 Å². The summed E-state index contributed by atoms with van der Waals surface area (Å²) in [5.74, 6) is -5.87. The van der Waals surface area contributed by atoms with Crippen molar-refractivity contribution in [1.82, 2.24) is 10.2 Å². The third kappa shape index (κ3) is 4.30. The molecule has 0 spiro atoms. The number of amides is 1. The van der Waals surface area contributed by atoms with Crippen LogP contribution in [0.4, 0.5) is 5.69 Å². The van der Waals surface area contributed by atoms with E-state index in [1.165, 1.54) is 6.07 Å². The molecule has 3 aliphatic rings. The van der Waals surface area contributed by atoms with Gasteiger partial charge in [-0.05, 0) is 70.8 Å². The van der Waals surface area contributed by atoms with Gasteiger partial charge in [-0.1, -0.05) is 13.3 Å². The molecule has 0 aliphatic heterocycles. The van der Waals surface area contributed by atoms with Gasteiger partial charge in [-0.25, -0.2) is 0 Å². The molecule has 3 aliphatic carbocycles. The second-order valence-corrected chi connectivity index (χ2v) is 12.0. The van der Waals surface area contributed by atoms with Crippen molar-refractivity contribution in [3.63, 3.8) is 0 Å². The van der Waals surface area contributed by atoms with Gasteiger partial charge in [-0.3, -0.25) is 19.3 Å². The Hall–Kier alpha value is -3.37. The van der Waals surface area contributed by atoms with E-state index >= 15 is 0 Å². The van der Waals surface area contributed by atoms with E-state index in [0.29, 0.717) is 12.0 Å². The van der Waals surface area contributed by atoms with E-state index in [4.69, 9.17) is 0 Å². The maximum atomic E-state index is 14.1. The number of fused-ring (bicyclic) bond motifs is 3. The highest BCUT2D eigenvalue weighted by Crippen LogP contribution is 2.53. The molecular weight excluding hydrogens is 502 g/mol. The molecule has 1 saturated carbocycles. The molecule has 0 bridgehead atoms. The van der Waals surface area contributed by atoms with E-state index < -0.39 is 63.6 Å². The Morgan fingerprint density at radius 3 is 2.33 bits per heavy atom. The number of phenolic OH excluding ortho intramolecular Hbond substituents is 1. The number of aliphatic hydroxyl groups excluding tert-OH is 2. The van der Waals surface area contributed by atoms with E-state index in [9.17, 15) is 34.8 Å². The van der Waals surface area contributed by atoms with Gasteiger partial charge in [0.2, 0.25) is 5.78 Å². The number of Topliss-reactive ketones (excluding diaryl/α,β-unsaturated/α-hetero) is 2. The maximum absolute atomic E-state index is 14.1. The van der Waals surface area contributed by atoms with Gasteiger partial charge in [0.05, 0.1) is 11.6 Å². The molecule has 1 amide bonds. The average Bonchev–Trinajstić information content (AvgIpc) is 2.80. The summed E-state index contributed by atoms with van der Waals surface area (Å²) in [5, 5.41) is 48.0. The molecular formula is C29H39N3O7. The summed E-state index contributed by atoms with van der Waals surface area (Å²) < 4.78 is 0. The molecule has 4 atom stereocenters. The zero-order valence-electron chi connectivity index (χ0n) is 23.6. The number of phenols is 1. The minimum absolute atomic E-state index is 0.0818. The normalized spacial score (nSPS) is 26.8. The smallest absolute Gasteiger partial charge is 0.258 e. The van der Waals surface area contributed by atoms with Gasteiger partial charge >= 0.3 is 0 Å². The van der Waals surface area contributed by atoms with Crippen LogP contribution in [0.3, 0.4) is 0 Å². The lowest BCUT2D eigenvalue weighted by molar-refractivity contribution is -0.153. The number of likely N-dealkylation sites (N-methyl/N-ethyl adjacent to an activating group) is 1. The van der Waals surface area contributed by atoms with Gasteiger partial charge in [0.25, 0.3) is 5.91 Å². The third-order valence-corrected chi connectivity index (χ3v) is 8.37. The zero-order valence-corrected chi connectivity index (χ0v) is 23.6. The van der Waals surface area contributed by atoms with E-state index in [2.05, 4.69) is 5.32 Å². The predicted molar refractivity (Wildman–Crippen MR) is 147 cm³/mol. The molecule has 1 aromatic rings. The van der Waals surface area contributed by atoms with Crippen LogP contribution in [-0.2, 0) is 20.8 Å². The lowest BCUT2D eigenvalue weighted by Crippen LogP contribution is -2.66. The molecule has 39 heavy (non-hydrogen) atoms. The summed E-state index contributed by atoms with van der Waals surface area (Å²) in [6.07, 6.45) is 1.71. The molecule has 1 aromatic carbocycles. The SMILES string of the molecule is CCCC(C)(C)NC(=O)C1=C(O)C2(O)C(=O)C3=C(O)c4c(O)ccc(N(C)C)c4CC3CC2C(N(C)C)C1=O. The first-order chi connectivity index (χ1) is 18.1. The molecule has 1 fully saturated rings. The van der Waals surface area contributed by atoms with Crippen LogP contribution in [0.5, 0.6) is 5.75 Å². The van der Waals surface area contributed by atoms with E-state index in [-0.39, 0.29) is 29.7 Å². The topological polar surface area (TPSA) is 151 Å². The Kier molecular flexibility index (Phi) is 7.10. The molecule has 0 heterocycles. The number of rotatable bonds is 6. The molecule has 4 rings (SSSR count). The fourth-order valence-corrected chi connectivity index (χ4v) is 6.69. The number of anilines is 1. The molecule has 5 N–H and O–H groups in total. The van der Waals surface area contributed by atoms with Gasteiger partial charge in [0.1, 0.15) is 22.8 Å². The summed E-state index contributed by atoms with van der Waals surface area (Å²) in [6, 6.07) is 2.07. The van der Waals surface area contributed by atoms with Gasteiger partial charge in [-0.15, -0.1) is 0 Å². The molecule has 0 radical (unpaired) electrons. The number of ketones is 2. The zero-order chi connectivity index (χ0) is 29.2. The quantitative estimate of drug-likeness (QED) is 0.342. The van der Waals surface area contributed by atoms with E-state index in [0.717, 1.165) is 12.1 Å². The summed E-state index contributed by atoms with van der Waals surface area (Å²) in [6.45, 7) is 5.52. The van der Waals surface area contributed by atoms with Crippen LogP contribution >= 0.6 is 0 Å². The monoisotopic (exact) mass is 541 g/mol. The van der Waals surface area contributed by atoms with Crippen molar-refractivity contribution in [2.75, 3.05) is 33.1 Å². The Morgan fingerprint density at radius 2 is 1.77 bits per heavy atom. The van der Waals surface area contributed by atoms with Crippen molar-refractivity contribution in [3.8, 4) is 5.75 Å². The third-order valence-electron chi connectivity index (χ3n) is 8.37. The van der Waals surface area contributed by atoms with Crippen LogP contribution in [0.25, 0.3) is 5.76 Å². The highest BCUT2D eigenvalue weighted by molar-refractivity contribution is 6.25. The Balaban J connectivity index is 1.92. The van der Waals surface area contributed by atoms with E-state index in [1.54, 1.807) is 38.9 Å². The molecule has 4 unspecified atom stereocenters. The van der Waals surface area contributed by atoms with Crippen LogP contribution in [0.15, 0.2) is 29.0 Å². The highest BCUT2D eigenvalue weighted by atomic mass is 16.3. The Bertz CT molecular complexity index is 1310. The van der Waals surface area contributed by atoms with Crippen molar-refractivity contribution in [2.45, 2.75) is 63.6 Å². The van der Waals surface area contributed by atoms with Crippen LogP contribution in [-0.4, -0.2) is 88.2 Å². The maximum Gasteiger partial charge on any atom is 0.258 e.